The lowest BCUT2D eigenvalue weighted by Gasteiger charge is -2.09. The van der Waals surface area contributed by atoms with Crippen LogP contribution in [0.4, 0.5) is 0 Å². The molecule has 0 aliphatic carbocycles. The Kier molecular flexibility index (Phi) is 6.82. The Balaban J connectivity index is 1.25. The molecule has 0 amide bonds. The minimum absolute atomic E-state index is 0.199. The summed E-state index contributed by atoms with van der Waals surface area (Å²) in [5.41, 5.74) is 1.95. The number of hydrogen-bond acceptors (Lipinski definition) is 5. The van der Waals surface area contributed by atoms with E-state index in [-0.39, 0.29) is 5.56 Å². The first-order valence-electron chi connectivity index (χ1n) is 9.24. The molecule has 0 spiro atoms. The number of hydrogen-bond donors (Lipinski definition) is 2. The molecule has 1 aromatic heterocycles. The molecule has 0 radical (unpaired) electrons. The summed E-state index contributed by atoms with van der Waals surface area (Å²) in [5, 5.41) is 12.5. The maximum Gasteiger partial charge on any atom is 0.339 e. The second-order valence-electron chi connectivity index (χ2n) is 6.29. The third-order valence-corrected chi connectivity index (χ3v) is 4.21. The summed E-state index contributed by atoms with van der Waals surface area (Å²) in [5.74, 6) is 0.243. The van der Waals surface area contributed by atoms with E-state index in [2.05, 4.69) is 10.3 Å². The van der Waals surface area contributed by atoms with Crippen LogP contribution in [0.3, 0.4) is 0 Å². The van der Waals surface area contributed by atoms with Gasteiger partial charge in [0.05, 0.1) is 6.61 Å². The number of carbonyl (C=O) groups is 1. The zero-order valence-electron chi connectivity index (χ0n) is 15.2. The normalized spacial score (nSPS) is 11.0. The Morgan fingerprint density at radius 3 is 2.67 bits per heavy atom. The molecule has 2 N–H and O–H groups in total. The van der Waals surface area contributed by atoms with Crippen molar-refractivity contribution in [2.75, 3.05) is 19.7 Å². The Bertz CT molecular complexity index is 842. The van der Waals surface area contributed by atoms with E-state index in [1.165, 1.54) is 0 Å². The average Bonchev–Trinajstić information content (AvgIpc) is 3.09. The smallest absolute Gasteiger partial charge is 0.339 e. The van der Waals surface area contributed by atoms with Crippen LogP contribution in [-0.2, 0) is 6.42 Å². The molecule has 0 saturated carbocycles. The van der Waals surface area contributed by atoms with Crippen LogP contribution in [0.25, 0.3) is 11.1 Å². The predicted octanol–water partition coefficient (Wildman–Crippen LogP) is 3.91. The number of aromatic carboxylic acids is 1. The van der Waals surface area contributed by atoms with Crippen molar-refractivity contribution < 1.29 is 19.1 Å². The number of benzene rings is 2. The van der Waals surface area contributed by atoms with Gasteiger partial charge < -0.3 is 19.6 Å². The summed E-state index contributed by atoms with van der Waals surface area (Å²) in [4.78, 5) is 15.6. The summed E-state index contributed by atoms with van der Waals surface area (Å²) in [6, 6.07) is 14.5. The number of nitrogens with zero attached hydrogens (tertiary/aromatic N) is 1. The van der Waals surface area contributed by atoms with E-state index in [1.807, 2.05) is 24.3 Å². The van der Waals surface area contributed by atoms with Gasteiger partial charge in [-0.15, -0.1) is 0 Å². The molecule has 0 bridgehead atoms. The number of nitrogens with one attached hydrogen (secondary N) is 1. The molecule has 0 saturated heterocycles. The zero-order chi connectivity index (χ0) is 18.9. The molecule has 0 unspecified atom stereocenters. The van der Waals surface area contributed by atoms with E-state index < -0.39 is 5.97 Å². The third-order valence-electron chi connectivity index (χ3n) is 4.21. The number of fused-ring (bicyclic) bond motifs is 1. The Morgan fingerprint density at radius 1 is 1.04 bits per heavy atom. The Labute approximate surface area is 158 Å². The Morgan fingerprint density at radius 2 is 1.81 bits per heavy atom. The van der Waals surface area contributed by atoms with Gasteiger partial charge in [-0.05, 0) is 56.6 Å². The number of para-hydroxylation sites is 3. The quantitative estimate of drug-likeness (QED) is 0.499. The van der Waals surface area contributed by atoms with E-state index in [0.29, 0.717) is 12.4 Å². The lowest BCUT2D eigenvalue weighted by molar-refractivity contribution is 0.0692. The Hall–Kier alpha value is -2.86. The van der Waals surface area contributed by atoms with Crippen molar-refractivity contribution >= 4 is 17.1 Å². The lowest BCUT2D eigenvalue weighted by Crippen LogP contribution is -2.19. The van der Waals surface area contributed by atoms with Crippen LogP contribution in [0.2, 0.25) is 0 Å². The van der Waals surface area contributed by atoms with Crippen LogP contribution in [0.15, 0.2) is 52.9 Å². The van der Waals surface area contributed by atoms with Gasteiger partial charge in [0.25, 0.3) is 0 Å². The maximum atomic E-state index is 11.1. The van der Waals surface area contributed by atoms with Crippen LogP contribution in [0.1, 0.15) is 35.5 Å². The maximum absolute atomic E-state index is 11.1. The number of unbranched alkanes of at least 4 members (excludes halogenated alkanes) is 1. The number of ether oxygens (including phenoxy) is 1. The summed E-state index contributed by atoms with van der Waals surface area (Å²) >= 11 is 0. The van der Waals surface area contributed by atoms with Crippen LogP contribution < -0.4 is 10.1 Å². The van der Waals surface area contributed by atoms with Gasteiger partial charge >= 0.3 is 5.97 Å². The first-order valence-corrected chi connectivity index (χ1v) is 9.24. The highest BCUT2D eigenvalue weighted by Gasteiger charge is 2.09. The van der Waals surface area contributed by atoms with Gasteiger partial charge in [-0.25, -0.2) is 9.78 Å². The van der Waals surface area contributed by atoms with Crippen LogP contribution in [0.5, 0.6) is 5.75 Å². The molecule has 3 rings (SSSR count). The van der Waals surface area contributed by atoms with E-state index in [0.717, 1.165) is 55.8 Å². The van der Waals surface area contributed by atoms with Crippen molar-refractivity contribution in [3.63, 3.8) is 0 Å². The van der Waals surface area contributed by atoms with Gasteiger partial charge in [-0.1, -0.05) is 24.3 Å². The third kappa shape index (κ3) is 5.56. The number of aromatic nitrogens is 1. The molecule has 142 valence electrons. The molecule has 0 atom stereocenters. The topological polar surface area (TPSA) is 84.6 Å². The summed E-state index contributed by atoms with van der Waals surface area (Å²) < 4.78 is 11.3. The van der Waals surface area contributed by atoms with E-state index in [9.17, 15) is 4.79 Å². The highest BCUT2D eigenvalue weighted by atomic mass is 16.5. The highest BCUT2D eigenvalue weighted by molar-refractivity contribution is 5.90. The van der Waals surface area contributed by atoms with Crippen molar-refractivity contribution in [2.24, 2.45) is 0 Å². The fourth-order valence-corrected chi connectivity index (χ4v) is 2.83. The summed E-state index contributed by atoms with van der Waals surface area (Å²) in [7, 11) is 0. The number of carboxylic acids is 1. The molecular formula is C21H24N2O4. The molecule has 3 aromatic rings. The van der Waals surface area contributed by atoms with Crippen molar-refractivity contribution in [3.05, 3.63) is 60.0 Å². The minimum Gasteiger partial charge on any atom is -0.493 e. The molecule has 0 aliphatic rings. The fraction of sp³-hybridized carbons (Fsp3) is 0.333. The van der Waals surface area contributed by atoms with Gasteiger partial charge in [0.15, 0.2) is 11.5 Å². The molecule has 27 heavy (non-hydrogen) atoms. The standard InChI is InChI=1S/C21H24N2O4/c24-21(25)16-8-1-3-10-18(16)26-15-7-14-22-13-6-5-12-20-23-17-9-2-4-11-19(17)27-20/h1-4,8-11,22H,5-7,12-15H2,(H,24,25). The molecular weight excluding hydrogens is 344 g/mol. The first kappa shape index (κ1) is 18.9. The van der Waals surface area contributed by atoms with Gasteiger partial charge in [-0.2, -0.15) is 0 Å². The van der Waals surface area contributed by atoms with E-state index in [1.54, 1.807) is 24.3 Å². The number of carboxylic acid groups (broad SMARTS) is 1. The number of aryl methyl sites for hydroxylation is 1. The molecule has 2 aromatic carbocycles. The zero-order valence-corrected chi connectivity index (χ0v) is 15.2. The lowest BCUT2D eigenvalue weighted by atomic mass is 10.2. The monoisotopic (exact) mass is 368 g/mol. The predicted molar refractivity (Wildman–Crippen MR) is 103 cm³/mol. The van der Waals surface area contributed by atoms with Crippen LogP contribution in [0, 0.1) is 0 Å². The van der Waals surface area contributed by atoms with Gasteiger partial charge in [0.1, 0.15) is 16.8 Å². The van der Waals surface area contributed by atoms with Gasteiger partial charge in [0.2, 0.25) is 0 Å². The second kappa shape index (κ2) is 9.73. The number of rotatable bonds is 11. The van der Waals surface area contributed by atoms with Crippen LogP contribution in [-0.4, -0.2) is 35.8 Å². The van der Waals surface area contributed by atoms with Crippen molar-refractivity contribution in [3.8, 4) is 5.75 Å². The average molecular weight is 368 g/mol. The van der Waals surface area contributed by atoms with E-state index in [4.69, 9.17) is 14.3 Å². The molecule has 6 nitrogen and oxygen atoms in total. The van der Waals surface area contributed by atoms with Gasteiger partial charge in [0, 0.05) is 6.42 Å². The summed E-state index contributed by atoms with van der Waals surface area (Å²) in [6.07, 6.45) is 3.72. The highest BCUT2D eigenvalue weighted by Crippen LogP contribution is 2.18. The number of oxazole rings is 1. The molecule has 6 heteroatoms. The van der Waals surface area contributed by atoms with E-state index >= 15 is 0 Å². The van der Waals surface area contributed by atoms with Crippen molar-refractivity contribution in [1.29, 1.82) is 0 Å². The molecule has 1 heterocycles. The minimum atomic E-state index is -0.970. The SMILES string of the molecule is O=C(O)c1ccccc1OCCCNCCCCc1nc2ccccc2o1. The van der Waals surface area contributed by atoms with Crippen LogP contribution >= 0.6 is 0 Å². The van der Waals surface area contributed by atoms with Gasteiger partial charge in [-0.3, -0.25) is 0 Å². The van der Waals surface area contributed by atoms with Crippen molar-refractivity contribution in [2.45, 2.75) is 25.7 Å². The van der Waals surface area contributed by atoms with Crippen molar-refractivity contribution in [1.82, 2.24) is 10.3 Å². The first-order chi connectivity index (χ1) is 13.2. The molecule has 0 fully saturated rings. The largest absolute Gasteiger partial charge is 0.493 e. The molecule has 0 aliphatic heterocycles. The second-order valence-corrected chi connectivity index (χ2v) is 6.29. The summed E-state index contributed by atoms with van der Waals surface area (Å²) in [6.45, 7) is 2.24. The fourth-order valence-electron chi connectivity index (χ4n) is 2.83.